The van der Waals surface area contributed by atoms with Crippen LogP contribution >= 0.6 is 0 Å². The van der Waals surface area contributed by atoms with E-state index in [0.717, 1.165) is 29.7 Å². The number of fused-ring (bicyclic) bond motifs is 1. The van der Waals surface area contributed by atoms with Crippen LogP contribution in [-0.2, 0) is 14.9 Å². The van der Waals surface area contributed by atoms with Crippen molar-refractivity contribution in [2.45, 2.75) is 50.8 Å². The fourth-order valence-corrected chi connectivity index (χ4v) is 5.32. The minimum absolute atomic E-state index is 0.217. The summed E-state index contributed by atoms with van der Waals surface area (Å²) in [5, 5.41) is 0.758. The van der Waals surface area contributed by atoms with Crippen molar-refractivity contribution in [3.63, 3.8) is 0 Å². The van der Waals surface area contributed by atoms with Crippen molar-refractivity contribution in [1.82, 2.24) is 14.9 Å². The van der Waals surface area contributed by atoms with E-state index in [4.69, 9.17) is 4.74 Å². The minimum Gasteiger partial charge on any atom is -0.444 e. The molecule has 1 saturated heterocycles. The van der Waals surface area contributed by atoms with Crippen molar-refractivity contribution in [1.29, 1.82) is 0 Å². The lowest BCUT2D eigenvalue weighted by Crippen LogP contribution is -2.36. The maximum Gasteiger partial charge on any atom is 0.534 e. The number of imidazole rings is 1. The number of alkyl halides is 3. The highest BCUT2D eigenvalue weighted by Crippen LogP contribution is 2.37. The Morgan fingerprint density at radius 3 is 2.32 bits per heavy atom. The molecule has 1 aromatic heterocycles. The molecule has 1 aliphatic heterocycles. The number of carbonyl (C=O) groups excluding carboxylic acids is 1. The van der Waals surface area contributed by atoms with Crippen LogP contribution in [-0.4, -0.2) is 47.0 Å². The van der Waals surface area contributed by atoms with Crippen LogP contribution in [0.15, 0.2) is 66.9 Å². The van der Waals surface area contributed by atoms with E-state index in [0.29, 0.717) is 23.3 Å². The Bertz CT molecular complexity index is 1690. The third-order valence-corrected chi connectivity index (χ3v) is 7.63. The number of nitrogens with one attached hydrogen (secondary N) is 1. The summed E-state index contributed by atoms with van der Waals surface area (Å²) in [7, 11) is -5.81. The van der Waals surface area contributed by atoms with Crippen molar-refractivity contribution in [3.8, 4) is 28.1 Å². The van der Waals surface area contributed by atoms with Gasteiger partial charge in [0, 0.05) is 11.9 Å². The van der Waals surface area contributed by atoms with Gasteiger partial charge in [0.25, 0.3) is 0 Å². The van der Waals surface area contributed by atoms with Gasteiger partial charge < -0.3 is 13.9 Å². The molecule has 0 spiro atoms. The Balaban J connectivity index is 1.39. The zero-order valence-corrected chi connectivity index (χ0v) is 23.3. The lowest BCUT2D eigenvalue weighted by molar-refractivity contribution is -0.0499. The van der Waals surface area contributed by atoms with Crippen LogP contribution in [0.5, 0.6) is 5.75 Å². The molecule has 5 rings (SSSR count). The van der Waals surface area contributed by atoms with Crippen LogP contribution in [0, 0.1) is 0 Å². The first-order valence-corrected chi connectivity index (χ1v) is 14.3. The molecule has 216 valence electrons. The number of aromatic amines is 1. The average Bonchev–Trinajstić information content (AvgIpc) is 3.57. The van der Waals surface area contributed by atoms with E-state index in [1.54, 1.807) is 29.3 Å². The molecule has 0 aliphatic carbocycles. The van der Waals surface area contributed by atoms with Gasteiger partial charge in [0.2, 0.25) is 0 Å². The van der Waals surface area contributed by atoms with E-state index in [9.17, 15) is 26.4 Å². The fraction of sp³-hybridized carbons (Fsp3) is 0.310. The molecule has 1 N–H and O–H groups in total. The molecule has 1 fully saturated rings. The highest BCUT2D eigenvalue weighted by atomic mass is 32.2. The summed E-state index contributed by atoms with van der Waals surface area (Å²) in [5.41, 5.74) is -3.08. The first-order valence-electron chi connectivity index (χ1n) is 12.9. The third kappa shape index (κ3) is 5.88. The fourth-order valence-electron chi connectivity index (χ4n) is 4.84. The third-order valence-electron chi connectivity index (χ3n) is 6.66. The number of likely N-dealkylation sites (tertiary alicyclic amines) is 1. The number of benzene rings is 3. The summed E-state index contributed by atoms with van der Waals surface area (Å²) in [5.74, 6) is 0.262. The molecule has 1 aliphatic rings. The summed E-state index contributed by atoms with van der Waals surface area (Å²) in [6.07, 6.45) is 2.94. The smallest absolute Gasteiger partial charge is 0.444 e. The van der Waals surface area contributed by atoms with Gasteiger partial charge >= 0.3 is 21.7 Å². The predicted molar refractivity (Wildman–Crippen MR) is 147 cm³/mol. The van der Waals surface area contributed by atoms with Crippen molar-refractivity contribution >= 4 is 27.0 Å². The molecule has 41 heavy (non-hydrogen) atoms. The molecule has 3 aromatic carbocycles. The van der Waals surface area contributed by atoms with E-state index in [1.165, 1.54) is 18.2 Å². The first-order chi connectivity index (χ1) is 19.2. The Labute approximate surface area is 235 Å². The van der Waals surface area contributed by atoms with Gasteiger partial charge in [-0.15, -0.1) is 0 Å². The molecule has 1 amide bonds. The average molecular weight is 588 g/mol. The van der Waals surface area contributed by atoms with Crippen LogP contribution < -0.4 is 4.18 Å². The van der Waals surface area contributed by atoms with E-state index in [1.807, 2.05) is 45.0 Å². The monoisotopic (exact) mass is 587 g/mol. The molecular weight excluding hydrogens is 559 g/mol. The second-order valence-electron chi connectivity index (χ2n) is 10.7. The van der Waals surface area contributed by atoms with Gasteiger partial charge in [0.1, 0.15) is 11.4 Å². The molecule has 8 nitrogen and oxygen atoms in total. The zero-order chi connectivity index (χ0) is 29.6. The Kier molecular flexibility index (Phi) is 7.22. The number of amides is 1. The van der Waals surface area contributed by atoms with Gasteiger partial charge in [-0.2, -0.15) is 21.6 Å². The lowest BCUT2D eigenvalue weighted by atomic mass is 9.97. The van der Waals surface area contributed by atoms with E-state index in [-0.39, 0.29) is 17.5 Å². The van der Waals surface area contributed by atoms with E-state index in [2.05, 4.69) is 14.2 Å². The lowest BCUT2D eigenvalue weighted by Gasteiger charge is -2.27. The standard InChI is InChI=1S/C29H28F3N3O5S/c1-28(2,3)39-27(36)35-16-6-10-24(35)26-33-17-23(34-26)19-14-12-18(13-15-19)20-7-4-9-22-21(20)8-5-11-25(22)40-41(37,38)29(30,31)32/h4-5,7-9,11-15,17,24H,6,10,16H2,1-3H3,(H,33,34)/t24-/m0/s1. The Hall–Kier alpha value is -4.06. The van der Waals surface area contributed by atoms with Gasteiger partial charge in [-0.1, -0.05) is 54.6 Å². The quantitative estimate of drug-likeness (QED) is 0.196. The molecule has 4 aromatic rings. The van der Waals surface area contributed by atoms with Gasteiger partial charge in [0.15, 0.2) is 5.75 Å². The van der Waals surface area contributed by atoms with Crippen molar-refractivity contribution in [2.24, 2.45) is 0 Å². The normalized spacial score (nSPS) is 16.2. The second kappa shape index (κ2) is 10.4. The maximum atomic E-state index is 12.9. The van der Waals surface area contributed by atoms with Crippen molar-refractivity contribution in [2.75, 3.05) is 6.54 Å². The maximum absolute atomic E-state index is 12.9. The van der Waals surface area contributed by atoms with E-state index < -0.39 is 27.0 Å². The molecule has 0 unspecified atom stereocenters. The predicted octanol–water partition coefficient (Wildman–Crippen LogP) is 7.20. The highest BCUT2D eigenvalue weighted by Gasteiger charge is 2.48. The number of hydrogen-bond donors (Lipinski definition) is 1. The van der Waals surface area contributed by atoms with Gasteiger partial charge in [0.05, 0.1) is 17.9 Å². The Morgan fingerprint density at radius 1 is 0.976 bits per heavy atom. The number of H-pyrrole nitrogens is 1. The van der Waals surface area contributed by atoms with Crippen molar-refractivity contribution in [3.05, 3.63) is 72.7 Å². The number of halogens is 3. The molecule has 1 atom stereocenters. The molecular formula is C29H28F3N3O5S. The largest absolute Gasteiger partial charge is 0.534 e. The number of rotatable bonds is 5. The summed E-state index contributed by atoms with van der Waals surface area (Å²) in [4.78, 5) is 22.2. The van der Waals surface area contributed by atoms with Gasteiger partial charge in [-0.3, -0.25) is 4.90 Å². The molecule has 0 bridgehead atoms. The second-order valence-corrected chi connectivity index (χ2v) is 12.3. The molecule has 0 saturated carbocycles. The van der Waals surface area contributed by atoms with Crippen molar-refractivity contribution < 1.29 is 35.3 Å². The molecule has 2 heterocycles. The van der Waals surface area contributed by atoms with Gasteiger partial charge in [-0.25, -0.2) is 9.78 Å². The number of hydrogen-bond acceptors (Lipinski definition) is 6. The SMILES string of the molecule is CC(C)(C)OC(=O)N1CCC[C@H]1c1ncc(-c2ccc(-c3cccc4c(OS(=O)(=O)C(F)(F)F)cccc34)cc2)[nH]1. The molecule has 12 heteroatoms. The van der Waals surface area contributed by atoms with Crippen LogP contribution in [0.4, 0.5) is 18.0 Å². The first kappa shape index (κ1) is 28.5. The number of aromatic nitrogens is 2. The van der Waals surface area contributed by atoms with Crippen LogP contribution in [0.1, 0.15) is 45.5 Å². The topological polar surface area (TPSA) is 102 Å². The van der Waals surface area contributed by atoms with Crippen LogP contribution in [0.3, 0.4) is 0 Å². The number of nitrogens with zero attached hydrogens (tertiary/aromatic N) is 2. The summed E-state index contributed by atoms with van der Waals surface area (Å²) in [6, 6.07) is 16.5. The molecule has 0 radical (unpaired) electrons. The van der Waals surface area contributed by atoms with Crippen LogP contribution in [0.25, 0.3) is 33.2 Å². The summed E-state index contributed by atoms with van der Waals surface area (Å²) < 4.78 is 71.9. The summed E-state index contributed by atoms with van der Waals surface area (Å²) in [6.45, 7) is 6.07. The van der Waals surface area contributed by atoms with Gasteiger partial charge in [-0.05, 0) is 61.8 Å². The summed E-state index contributed by atoms with van der Waals surface area (Å²) >= 11 is 0. The highest BCUT2D eigenvalue weighted by molar-refractivity contribution is 7.88. The van der Waals surface area contributed by atoms with E-state index >= 15 is 0 Å². The number of ether oxygens (including phenoxy) is 1. The number of carbonyl (C=O) groups is 1. The minimum atomic E-state index is -5.81. The zero-order valence-electron chi connectivity index (χ0n) is 22.5. The Morgan fingerprint density at radius 2 is 1.63 bits per heavy atom. The van der Waals surface area contributed by atoms with Crippen LogP contribution in [0.2, 0.25) is 0 Å².